The van der Waals surface area contributed by atoms with E-state index >= 15 is 0 Å². The maximum Gasteiger partial charge on any atom is 0.214 e. The highest BCUT2D eigenvalue weighted by Gasteiger charge is 2.38. The molecule has 0 radical (unpaired) electrons. The normalized spacial score (nSPS) is 28.7. The molecule has 106 valence electrons. The lowest BCUT2D eigenvalue weighted by atomic mass is 9.75. The lowest BCUT2D eigenvalue weighted by Gasteiger charge is -2.44. The van der Waals surface area contributed by atoms with Crippen molar-refractivity contribution >= 4 is 10.0 Å². The first-order chi connectivity index (χ1) is 8.44. The first-order valence-electron chi connectivity index (χ1n) is 7.20. The smallest absolute Gasteiger partial charge is 0.214 e. The Labute approximate surface area is 111 Å². The Morgan fingerprint density at radius 1 is 1.22 bits per heavy atom. The number of hydrogen-bond donors (Lipinski definition) is 2. The van der Waals surface area contributed by atoms with Crippen LogP contribution in [0.3, 0.4) is 0 Å². The summed E-state index contributed by atoms with van der Waals surface area (Å²) in [5, 5.41) is 3.31. The molecule has 18 heavy (non-hydrogen) atoms. The summed E-state index contributed by atoms with van der Waals surface area (Å²) >= 11 is 0. The van der Waals surface area contributed by atoms with Gasteiger partial charge < -0.3 is 5.32 Å². The van der Waals surface area contributed by atoms with Crippen LogP contribution in [0.4, 0.5) is 0 Å². The largest absolute Gasteiger partial charge is 0.311 e. The van der Waals surface area contributed by atoms with Crippen molar-refractivity contribution in [1.29, 1.82) is 0 Å². The van der Waals surface area contributed by atoms with E-state index < -0.39 is 10.0 Å². The summed E-state index contributed by atoms with van der Waals surface area (Å²) in [6.07, 6.45) is 8.14. The van der Waals surface area contributed by atoms with Crippen LogP contribution in [0.1, 0.15) is 58.8 Å². The minimum absolute atomic E-state index is 0.122. The Bertz CT molecular complexity index is 367. The molecule has 2 rings (SSSR count). The summed E-state index contributed by atoms with van der Waals surface area (Å²) in [5.41, 5.74) is 0.209. The minimum Gasteiger partial charge on any atom is -0.311 e. The quantitative estimate of drug-likeness (QED) is 0.824. The zero-order valence-corrected chi connectivity index (χ0v) is 12.4. The molecule has 1 aliphatic carbocycles. The molecule has 0 amide bonds. The first kappa shape index (κ1) is 14.3. The van der Waals surface area contributed by atoms with Crippen LogP contribution in [0, 0.1) is 0 Å². The fourth-order valence-electron chi connectivity index (χ4n) is 3.24. The van der Waals surface area contributed by atoms with Gasteiger partial charge in [-0.1, -0.05) is 19.3 Å². The summed E-state index contributed by atoms with van der Waals surface area (Å²) < 4.78 is 26.8. The standard InChI is InChI=1S/C13H26N2O2S/c1-11(2)18(16,17)15-12-6-9-14-13(10-12)7-4-3-5-8-13/h11-12,14-15H,3-10H2,1-2H3. The minimum atomic E-state index is -3.13. The highest BCUT2D eigenvalue weighted by Crippen LogP contribution is 2.34. The van der Waals surface area contributed by atoms with Gasteiger partial charge in [0.25, 0.3) is 0 Å². The average Bonchev–Trinajstić information content (AvgIpc) is 2.29. The van der Waals surface area contributed by atoms with Gasteiger partial charge >= 0.3 is 0 Å². The summed E-state index contributed by atoms with van der Waals surface area (Å²) in [4.78, 5) is 0. The van der Waals surface area contributed by atoms with Gasteiger partial charge in [-0.25, -0.2) is 13.1 Å². The molecular weight excluding hydrogens is 248 g/mol. The van der Waals surface area contributed by atoms with Gasteiger partial charge in [-0.05, 0) is 46.1 Å². The van der Waals surface area contributed by atoms with E-state index in [0.29, 0.717) is 0 Å². The Kier molecular flexibility index (Phi) is 4.34. The molecule has 1 aliphatic heterocycles. The van der Waals surface area contributed by atoms with E-state index in [2.05, 4.69) is 10.0 Å². The monoisotopic (exact) mass is 274 g/mol. The molecule has 5 heteroatoms. The summed E-state index contributed by atoms with van der Waals surface area (Å²) in [7, 11) is -3.13. The van der Waals surface area contributed by atoms with Crippen LogP contribution in [0.5, 0.6) is 0 Å². The van der Waals surface area contributed by atoms with Crippen molar-refractivity contribution in [3.05, 3.63) is 0 Å². The number of nitrogens with one attached hydrogen (secondary N) is 2. The highest BCUT2D eigenvalue weighted by molar-refractivity contribution is 7.90. The van der Waals surface area contributed by atoms with E-state index in [1.54, 1.807) is 13.8 Å². The van der Waals surface area contributed by atoms with Crippen molar-refractivity contribution in [3.8, 4) is 0 Å². The van der Waals surface area contributed by atoms with Gasteiger partial charge in [0.1, 0.15) is 0 Å². The van der Waals surface area contributed by atoms with Crippen molar-refractivity contribution in [2.24, 2.45) is 0 Å². The molecule has 0 aromatic heterocycles. The van der Waals surface area contributed by atoms with E-state index in [1.165, 1.54) is 32.1 Å². The second-order valence-electron chi connectivity index (χ2n) is 6.17. The summed E-state index contributed by atoms with van der Waals surface area (Å²) in [5.74, 6) is 0. The molecule has 1 saturated carbocycles. The van der Waals surface area contributed by atoms with Crippen molar-refractivity contribution < 1.29 is 8.42 Å². The van der Waals surface area contributed by atoms with Gasteiger partial charge in [0, 0.05) is 11.6 Å². The number of piperidine rings is 1. The molecule has 2 N–H and O–H groups in total. The van der Waals surface area contributed by atoms with Crippen molar-refractivity contribution in [2.45, 2.75) is 75.6 Å². The molecule has 2 fully saturated rings. The molecule has 0 bridgehead atoms. The molecule has 1 unspecified atom stereocenters. The lowest BCUT2D eigenvalue weighted by Crippen LogP contribution is -2.57. The first-order valence-corrected chi connectivity index (χ1v) is 8.74. The van der Waals surface area contributed by atoms with Gasteiger partial charge in [0.05, 0.1) is 5.25 Å². The maximum absolute atomic E-state index is 11.9. The zero-order chi connectivity index (χ0) is 13.2. The van der Waals surface area contributed by atoms with Gasteiger partial charge in [-0.2, -0.15) is 0 Å². The summed E-state index contributed by atoms with van der Waals surface area (Å²) in [6, 6.07) is 0.122. The second kappa shape index (κ2) is 5.47. The van der Waals surface area contributed by atoms with Gasteiger partial charge in [-0.3, -0.25) is 0 Å². The van der Waals surface area contributed by atoms with Crippen molar-refractivity contribution in [3.63, 3.8) is 0 Å². The third-order valence-electron chi connectivity index (χ3n) is 4.39. The second-order valence-corrected chi connectivity index (χ2v) is 8.44. The zero-order valence-electron chi connectivity index (χ0n) is 11.5. The Morgan fingerprint density at radius 3 is 2.50 bits per heavy atom. The number of hydrogen-bond acceptors (Lipinski definition) is 3. The van der Waals surface area contributed by atoms with Crippen LogP contribution >= 0.6 is 0 Å². The molecule has 0 aromatic carbocycles. The molecule has 2 aliphatic rings. The van der Waals surface area contributed by atoms with Crippen LogP contribution in [0.2, 0.25) is 0 Å². The number of rotatable bonds is 3. The Balaban J connectivity index is 1.98. The van der Waals surface area contributed by atoms with E-state index in [1.807, 2.05) is 0 Å². The van der Waals surface area contributed by atoms with Crippen molar-refractivity contribution in [1.82, 2.24) is 10.0 Å². The third kappa shape index (κ3) is 3.25. The topological polar surface area (TPSA) is 58.2 Å². The van der Waals surface area contributed by atoms with E-state index in [9.17, 15) is 8.42 Å². The molecule has 4 nitrogen and oxygen atoms in total. The van der Waals surface area contributed by atoms with Gasteiger partial charge in [-0.15, -0.1) is 0 Å². The fraction of sp³-hybridized carbons (Fsp3) is 1.00. The van der Waals surface area contributed by atoms with Gasteiger partial charge in [0.15, 0.2) is 0 Å². The fourth-order valence-corrected chi connectivity index (χ4v) is 4.17. The third-order valence-corrected chi connectivity index (χ3v) is 6.30. The van der Waals surface area contributed by atoms with Gasteiger partial charge in [0.2, 0.25) is 10.0 Å². The number of sulfonamides is 1. The summed E-state index contributed by atoms with van der Waals surface area (Å²) in [6.45, 7) is 4.41. The molecule has 0 aromatic rings. The maximum atomic E-state index is 11.9. The van der Waals surface area contributed by atoms with Crippen LogP contribution in [0.25, 0.3) is 0 Å². The molecule has 1 heterocycles. The van der Waals surface area contributed by atoms with E-state index in [0.717, 1.165) is 19.4 Å². The predicted molar refractivity (Wildman–Crippen MR) is 74.0 cm³/mol. The highest BCUT2D eigenvalue weighted by atomic mass is 32.2. The molecule has 1 saturated heterocycles. The van der Waals surface area contributed by atoms with Crippen LogP contribution < -0.4 is 10.0 Å². The SMILES string of the molecule is CC(C)S(=O)(=O)NC1CCNC2(CCCCC2)C1. The Hall–Kier alpha value is -0.130. The van der Waals surface area contributed by atoms with Crippen molar-refractivity contribution in [2.75, 3.05) is 6.54 Å². The average molecular weight is 274 g/mol. The van der Waals surface area contributed by atoms with Crippen LogP contribution in [0.15, 0.2) is 0 Å². The lowest BCUT2D eigenvalue weighted by molar-refractivity contribution is 0.165. The van der Waals surface area contributed by atoms with Crippen LogP contribution in [-0.2, 0) is 10.0 Å². The molecule has 1 spiro atoms. The molecular formula is C13H26N2O2S. The predicted octanol–water partition coefficient (Wildman–Crippen LogP) is 1.77. The molecule has 1 atom stereocenters. The Morgan fingerprint density at radius 2 is 1.89 bits per heavy atom. The van der Waals surface area contributed by atoms with E-state index in [4.69, 9.17) is 0 Å². The van der Waals surface area contributed by atoms with Crippen LogP contribution in [-0.4, -0.2) is 31.8 Å². The van der Waals surface area contributed by atoms with E-state index in [-0.39, 0.29) is 16.8 Å².